The van der Waals surface area contributed by atoms with E-state index < -0.39 is 0 Å². The van der Waals surface area contributed by atoms with Gasteiger partial charge in [-0.15, -0.1) is 35.7 Å². The Labute approximate surface area is 171 Å². The maximum atomic E-state index is 5.40. The molecule has 5 nitrogen and oxygen atoms in total. The lowest BCUT2D eigenvalue weighted by molar-refractivity contribution is 0.380. The van der Waals surface area contributed by atoms with Crippen LogP contribution in [0.4, 0.5) is 0 Å². The Morgan fingerprint density at radius 2 is 1.92 bits per heavy atom. The number of hydrogen-bond donors (Lipinski definition) is 2. The Bertz CT molecular complexity index is 624. The van der Waals surface area contributed by atoms with Crippen molar-refractivity contribution in [2.24, 2.45) is 4.99 Å². The quantitative estimate of drug-likeness (QED) is 0.200. The molecule has 2 N–H and O–H groups in total. The second-order valence-electron chi connectivity index (χ2n) is 5.25. The van der Waals surface area contributed by atoms with Crippen LogP contribution in [0.15, 0.2) is 44.7 Å². The summed E-state index contributed by atoms with van der Waals surface area (Å²) in [5.41, 5.74) is 2.18. The first-order valence-corrected chi connectivity index (χ1v) is 9.35. The molecule has 0 amide bonds. The zero-order valence-corrected chi connectivity index (χ0v) is 18.2. The van der Waals surface area contributed by atoms with Gasteiger partial charge in [-0.05, 0) is 18.6 Å². The van der Waals surface area contributed by atoms with Gasteiger partial charge in [0.2, 0.25) is 0 Å². The van der Waals surface area contributed by atoms with Gasteiger partial charge < -0.3 is 15.2 Å². The highest BCUT2D eigenvalue weighted by molar-refractivity contribution is 14.0. The largest absolute Gasteiger partial charge is 0.361 e. The molecule has 0 atom stereocenters. The molecule has 0 saturated heterocycles. The number of aryl methyl sites for hydroxylation is 2. The lowest BCUT2D eigenvalue weighted by Crippen LogP contribution is -2.38. The number of aromatic nitrogens is 1. The van der Waals surface area contributed by atoms with Gasteiger partial charge >= 0.3 is 0 Å². The van der Waals surface area contributed by atoms with E-state index in [1.54, 1.807) is 7.05 Å². The van der Waals surface area contributed by atoms with Crippen molar-refractivity contribution in [2.75, 3.05) is 19.3 Å². The summed E-state index contributed by atoms with van der Waals surface area (Å²) in [6.07, 6.45) is 1.73. The van der Waals surface area contributed by atoms with Crippen molar-refractivity contribution in [1.29, 1.82) is 0 Å². The number of aliphatic imine (C=N–C) groups is 1. The minimum Gasteiger partial charge on any atom is -0.361 e. The molecule has 0 unspecified atom stereocenters. The molecule has 0 saturated carbocycles. The van der Waals surface area contributed by atoms with Gasteiger partial charge in [0, 0.05) is 42.8 Å². The minimum absolute atomic E-state index is 0. The highest BCUT2D eigenvalue weighted by Crippen LogP contribution is 2.16. The fourth-order valence-electron chi connectivity index (χ4n) is 2.39. The van der Waals surface area contributed by atoms with E-state index in [9.17, 15) is 0 Å². The zero-order chi connectivity index (χ0) is 17.2. The average Bonchev–Trinajstić information content (AvgIpc) is 3.04. The first kappa shape index (κ1) is 21.8. The summed E-state index contributed by atoms with van der Waals surface area (Å²) in [4.78, 5) is 5.56. The molecule has 0 fully saturated rings. The summed E-state index contributed by atoms with van der Waals surface area (Å²) < 4.78 is 5.40. The second-order valence-corrected chi connectivity index (χ2v) is 6.42. The lowest BCUT2D eigenvalue weighted by atomic mass is 10.1. The van der Waals surface area contributed by atoms with Crippen molar-refractivity contribution >= 4 is 41.7 Å². The van der Waals surface area contributed by atoms with Gasteiger partial charge in [0.05, 0.1) is 5.69 Å². The molecule has 0 spiro atoms. The SMILES string of the molecule is CCc1noc(CC)c1CNC(=NC)NCCSc1ccccc1.I. The molecular formula is C18H27IN4OS. The van der Waals surface area contributed by atoms with Crippen LogP contribution in [0.25, 0.3) is 0 Å². The summed E-state index contributed by atoms with van der Waals surface area (Å²) in [5, 5.41) is 10.8. The van der Waals surface area contributed by atoms with Crippen LogP contribution >= 0.6 is 35.7 Å². The fourth-order valence-corrected chi connectivity index (χ4v) is 3.17. The topological polar surface area (TPSA) is 62.5 Å². The number of rotatable bonds is 8. The van der Waals surface area contributed by atoms with Crippen LogP contribution in [-0.2, 0) is 19.4 Å². The van der Waals surface area contributed by atoms with E-state index in [0.29, 0.717) is 6.54 Å². The fraction of sp³-hybridized carbons (Fsp3) is 0.444. The molecule has 0 aliphatic carbocycles. The van der Waals surface area contributed by atoms with E-state index >= 15 is 0 Å². The normalized spacial score (nSPS) is 11.1. The second kappa shape index (κ2) is 12.2. The van der Waals surface area contributed by atoms with Gasteiger partial charge in [-0.3, -0.25) is 4.99 Å². The van der Waals surface area contributed by atoms with Crippen LogP contribution in [0.5, 0.6) is 0 Å². The number of benzene rings is 1. The van der Waals surface area contributed by atoms with Crippen LogP contribution in [-0.4, -0.2) is 30.5 Å². The van der Waals surface area contributed by atoms with E-state index in [4.69, 9.17) is 4.52 Å². The van der Waals surface area contributed by atoms with E-state index in [0.717, 1.165) is 48.1 Å². The minimum atomic E-state index is 0. The number of nitrogens with one attached hydrogen (secondary N) is 2. The smallest absolute Gasteiger partial charge is 0.191 e. The Balaban J connectivity index is 0.00000312. The summed E-state index contributed by atoms with van der Waals surface area (Å²) >= 11 is 1.83. The molecule has 0 bridgehead atoms. The number of hydrogen-bond acceptors (Lipinski definition) is 4. The van der Waals surface area contributed by atoms with Crippen molar-refractivity contribution < 1.29 is 4.52 Å². The number of guanidine groups is 1. The van der Waals surface area contributed by atoms with Gasteiger partial charge in [-0.2, -0.15) is 0 Å². The highest BCUT2D eigenvalue weighted by Gasteiger charge is 2.13. The molecule has 1 aromatic carbocycles. The first-order valence-electron chi connectivity index (χ1n) is 8.37. The Hall–Kier alpha value is -1.22. The molecule has 2 aromatic rings. The van der Waals surface area contributed by atoms with Crippen LogP contribution in [0, 0.1) is 0 Å². The Kier molecular flexibility index (Phi) is 10.6. The monoisotopic (exact) mass is 474 g/mol. The van der Waals surface area contributed by atoms with Crippen molar-refractivity contribution in [3.05, 3.63) is 47.3 Å². The number of nitrogens with zero attached hydrogens (tertiary/aromatic N) is 2. The highest BCUT2D eigenvalue weighted by atomic mass is 127. The van der Waals surface area contributed by atoms with E-state index in [1.807, 2.05) is 17.8 Å². The maximum absolute atomic E-state index is 5.40. The molecule has 0 aliphatic rings. The molecule has 0 radical (unpaired) electrons. The van der Waals surface area contributed by atoms with Crippen LogP contribution in [0.1, 0.15) is 30.9 Å². The van der Waals surface area contributed by atoms with Gasteiger partial charge in [-0.1, -0.05) is 37.2 Å². The average molecular weight is 474 g/mol. The number of thioether (sulfide) groups is 1. The summed E-state index contributed by atoms with van der Waals surface area (Å²) in [7, 11) is 1.79. The first-order chi connectivity index (χ1) is 11.8. The Morgan fingerprint density at radius 3 is 2.56 bits per heavy atom. The van der Waals surface area contributed by atoms with Gasteiger partial charge in [0.15, 0.2) is 5.96 Å². The van der Waals surface area contributed by atoms with Gasteiger partial charge in [0.25, 0.3) is 0 Å². The molecule has 1 aromatic heterocycles. The molecule has 25 heavy (non-hydrogen) atoms. The number of halogens is 1. The molecule has 138 valence electrons. The standard InChI is InChI=1S/C18H26N4OS.HI/c1-4-16-15(17(5-2)23-22-16)13-21-18(19-3)20-11-12-24-14-9-7-6-8-10-14;/h6-10H,4-5,11-13H2,1-3H3,(H2,19,20,21);1H. The van der Waals surface area contributed by atoms with Gasteiger partial charge in [-0.25, -0.2) is 0 Å². The van der Waals surface area contributed by atoms with E-state index in [1.165, 1.54) is 4.90 Å². The van der Waals surface area contributed by atoms with Crippen LogP contribution < -0.4 is 10.6 Å². The van der Waals surface area contributed by atoms with Crippen molar-refractivity contribution in [3.63, 3.8) is 0 Å². The zero-order valence-electron chi connectivity index (χ0n) is 15.0. The van der Waals surface area contributed by atoms with E-state index in [-0.39, 0.29) is 24.0 Å². The van der Waals surface area contributed by atoms with Crippen LogP contribution in [0.2, 0.25) is 0 Å². The van der Waals surface area contributed by atoms with Crippen LogP contribution in [0.3, 0.4) is 0 Å². The van der Waals surface area contributed by atoms with E-state index in [2.05, 4.69) is 58.9 Å². The predicted molar refractivity (Wildman–Crippen MR) is 116 cm³/mol. The third kappa shape index (κ3) is 6.89. The maximum Gasteiger partial charge on any atom is 0.191 e. The summed E-state index contributed by atoms with van der Waals surface area (Å²) in [6.45, 7) is 5.71. The summed E-state index contributed by atoms with van der Waals surface area (Å²) in [5.74, 6) is 2.74. The molecule has 2 rings (SSSR count). The molecule has 7 heteroatoms. The molecule has 1 heterocycles. The third-order valence-electron chi connectivity index (χ3n) is 3.67. The van der Waals surface area contributed by atoms with Crippen molar-refractivity contribution in [3.8, 4) is 0 Å². The summed E-state index contributed by atoms with van der Waals surface area (Å²) in [6, 6.07) is 10.4. The van der Waals surface area contributed by atoms with Crippen molar-refractivity contribution in [1.82, 2.24) is 15.8 Å². The molecular weight excluding hydrogens is 447 g/mol. The predicted octanol–water partition coefficient (Wildman–Crippen LogP) is 3.87. The van der Waals surface area contributed by atoms with Gasteiger partial charge in [0.1, 0.15) is 5.76 Å². The van der Waals surface area contributed by atoms with Crippen molar-refractivity contribution in [2.45, 2.75) is 38.1 Å². The third-order valence-corrected chi connectivity index (χ3v) is 4.68. The molecule has 0 aliphatic heterocycles. The Morgan fingerprint density at radius 1 is 1.16 bits per heavy atom. The lowest BCUT2D eigenvalue weighted by Gasteiger charge is -2.12.